The van der Waals surface area contributed by atoms with Crippen molar-refractivity contribution >= 4 is 11.8 Å². The van der Waals surface area contributed by atoms with E-state index in [0.29, 0.717) is 18.7 Å². The van der Waals surface area contributed by atoms with Gasteiger partial charge in [0.25, 0.3) is 5.91 Å². The highest BCUT2D eigenvalue weighted by atomic mass is 16.2. The minimum atomic E-state index is -0.934. The molecule has 0 aliphatic carbocycles. The largest absolute Gasteiger partial charge is 0.369 e. The second-order valence-electron chi connectivity index (χ2n) is 8.49. The number of hydrogen-bond donors (Lipinski definition) is 1. The van der Waals surface area contributed by atoms with E-state index in [2.05, 4.69) is 9.88 Å². The number of amides is 2. The summed E-state index contributed by atoms with van der Waals surface area (Å²) in [6.45, 7) is 3.85. The smallest absolute Gasteiger partial charge is 0.254 e. The van der Waals surface area contributed by atoms with Gasteiger partial charge in [-0.3, -0.25) is 19.5 Å². The molecule has 2 aliphatic rings. The van der Waals surface area contributed by atoms with Crippen molar-refractivity contribution in [1.82, 2.24) is 14.8 Å². The van der Waals surface area contributed by atoms with Crippen LogP contribution >= 0.6 is 0 Å². The van der Waals surface area contributed by atoms with Crippen molar-refractivity contribution in [1.29, 1.82) is 0 Å². The van der Waals surface area contributed by atoms with Gasteiger partial charge in [0, 0.05) is 31.4 Å². The lowest BCUT2D eigenvalue weighted by atomic mass is 9.75. The van der Waals surface area contributed by atoms with Crippen LogP contribution in [0, 0.1) is 0 Å². The molecule has 0 spiro atoms. The van der Waals surface area contributed by atoms with Gasteiger partial charge in [0.15, 0.2) is 0 Å². The fourth-order valence-electron chi connectivity index (χ4n) is 4.81. The maximum absolute atomic E-state index is 13.5. The van der Waals surface area contributed by atoms with E-state index in [-0.39, 0.29) is 12.5 Å². The van der Waals surface area contributed by atoms with Crippen molar-refractivity contribution in [2.45, 2.75) is 44.1 Å². The van der Waals surface area contributed by atoms with E-state index in [9.17, 15) is 9.59 Å². The van der Waals surface area contributed by atoms with Crippen LogP contribution in [0.3, 0.4) is 0 Å². The number of piperidine rings is 2. The van der Waals surface area contributed by atoms with Crippen molar-refractivity contribution in [3.05, 3.63) is 65.5 Å². The molecule has 0 saturated carbocycles. The van der Waals surface area contributed by atoms with Crippen LogP contribution in [0.1, 0.15) is 53.7 Å². The molecule has 2 aliphatic heterocycles. The lowest BCUT2D eigenvalue weighted by Gasteiger charge is -2.40. The van der Waals surface area contributed by atoms with Crippen molar-refractivity contribution in [3.8, 4) is 0 Å². The average Bonchev–Trinajstić information content (AvgIpc) is 2.80. The van der Waals surface area contributed by atoms with Crippen LogP contribution in [0.2, 0.25) is 0 Å². The van der Waals surface area contributed by atoms with Gasteiger partial charge in [0.1, 0.15) is 5.41 Å². The number of aromatic nitrogens is 1. The number of hydrogen-bond acceptors (Lipinski definition) is 4. The lowest BCUT2D eigenvalue weighted by Crippen LogP contribution is -2.55. The Bertz CT molecular complexity index is 895. The molecule has 4 rings (SSSR count). The molecule has 30 heavy (non-hydrogen) atoms. The second-order valence-corrected chi connectivity index (χ2v) is 8.49. The van der Waals surface area contributed by atoms with E-state index >= 15 is 0 Å². The average molecular weight is 407 g/mol. The normalized spacial score (nSPS) is 22.6. The molecule has 6 nitrogen and oxygen atoms in total. The number of rotatable bonds is 5. The molecule has 3 heterocycles. The Kier molecular flexibility index (Phi) is 6.13. The Morgan fingerprint density at radius 3 is 2.47 bits per heavy atom. The first-order valence-electron chi connectivity index (χ1n) is 10.9. The topological polar surface area (TPSA) is 79.5 Å². The molecule has 2 aromatic rings. The SMILES string of the molecule is NC(=O)[C@]1(c2ccccn2)CCCN(C(=O)c2ccccc2CN2CCCCC2)C1. The maximum Gasteiger partial charge on any atom is 0.254 e. The number of benzene rings is 1. The number of likely N-dealkylation sites (tertiary alicyclic amines) is 2. The Morgan fingerprint density at radius 2 is 1.73 bits per heavy atom. The summed E-state index contributed by atoms with van der Waals surface area (Å²) in [4.78, 5) is 34.7. The first kappa shape index (κ1) is 20.5. The summed E-state index contributed by atoms with van der Waals surface area (Å²) >= 11 is 0. The van der Waals surface area contributed by atoms with Gasteiger partial charge in [0.2, 0.25) is 5.91 Å². The summed E-state index contributed by atoms with van der Waals surface area (Å²) in [7, 11) is 0. The molecule has 2 saturated heterocycles. The summed E-state index contributed by atoms with van der Waals surface area (Å²) < 4.78 is 0. The minimum absolute atomic E-state index is 0.0242. The van der Waals surface area contributed by atoms with Gasteiger partial charge < -0.3 is 10.6 Å². The third-order valence-electron chi connectivity index (χ3n) is 6.50. The van der Waals surface area contributed by atoms with E-state index in [0.717, 1.165) is 37.2 Å². The molecule has 6 heteroatoms. The molecule has 2 fully saturated rings. The first-order valence-corrected chi connectivity index (χ1v) is 10.9. The highest BCUT2D eigenvalue weighted by Crippen LogP contribution is 2.33. The fraction of sp³-hybridized carbons (Fsp3) is 0.458. The van der Waals surface area contributed by atoms with Gasteiger partial charge >= 0.3 is 0 Å². The summed E-state index contributed by atoms with van der Waals surface area (Å²) in [5, 5.41) is 0. The van der Waals surface area contributed by atoms with Gasteiger partial charge in [-0.05, 0) is 62.5 Å². The number of nitrogens with zero attached hydrogens (tertiary/aromatic N) is 3. The van der Waals surface area contributed by atoms with Crippen molar-refractivity contribution in [3.63, 3.8) is 0 Å². The van der Waals surface area contributed by atoms with Crippen molar-refractivity contribution in [2.24, 2.45) is 5.73 Å². The highest BCUT2D eigenvalue weighted by molar-refractivity contribution is 5.97. The minimum Gasteiger partial charge on any atom is -0.369 e. The molecule has 2 N–H and O–H groups in total. The molecule has 1 aromatic heterocycles. The molecule has 1 atom stereocenters. The number of nitrogens with two attached hydrogens (primary N) is 1. The van der Waals surface area contributed by atoms with Crippen LogP contribution in [0.5, 0.6) is 0 Å². The zero-order chi connectivity index (χ0) is 21.0. The van der Waals surface area contributed by atoms with Crippen LogP contribution in [0.4, 0.5) is 0 Å². The van der Waals surface area contributed by atoms with Gasteiger partial charge in [-0.25, -0.2) is 0 Å². The Morgan fingerprint density at radius 1 is 0.967 bits per heavy atom. The van der Waals surface area contributed by atoms with Crippen LogP contribution in [-0.2, 0) is 16.8 Å². The Hall–Kier alpha value is -2.73. The summed E-state index contributed by atoms with van der Waals surface area (Å²) in [5.74, 6) is -0.441. The van der Waals surface area contributed by atoms with Crippen LogP contribution < -0.4 is 5.73 Å². The lowest BCUT2D eigenvalue weighted by molar-refractivity contribution is -0.125. The molecule has 0 radical (unpaired) electrons. The summed E-state index contributed by atoms with van der Waals surface area (Å²) in [6.07, 6.45) is 6.72. The van der Waals surface area contributed by atoms with E-state index in [4.69, 9.17) is 5.73 Å². The fourth-order valence-corrected chi connectivity index (χ4v) is 4.81. The van der Waals surface area contributed by atoms with Gasteiger partial charge in [-0.15, -0.1) is 0 Å². The Balaban J connectivity index is 1.58. The highest BCUT2D eigenvalue weighted by Gasteiger charge is 2.45. The monoisotopic (exact) mass is 406 g/mol. The predicted octanol–water partition coefficient (Wildman–Crippen LogP) is 2.73. The number of primary amides is 1. The van der Waals surface area contributed by atoms with Crippen LogP contribution in [0.25, 0.3) is 0 Å². The Labute approximate surface area is 178 Å². The molecule has 0 unspecified atom stereocenters. The molecule has 0 bridgehead atoms. The molecule has 2 amide bonds. The van der Waals surface area contributed by atoms with E-state index < -0.39 is 11.3 Å². The van der Waals surface area contributed by atoms with Crippen molar-refractivity contribution < 1.29 is 9.59 Å². The van der Waals surface area contributed by atoms with Crippen LogP contribution in [0.15, 0.2) is 48.7 Å². The number of carbonyl (C=O) groups excluding carboxylic acids is 2. The predicted molar refractivity (Wildman–Crippen MR) is 116 cm³/mol. The van der Waals surface area contributed by atoms with Gasteiger partial charge in [-0.2, -0.15) is 0 Å². The third kappa shape index (κ3) is 4.10. The maximum atomic E-state index is 13.5. The van der Waals surface area contributed by atoms with Gasteiger partial charge in [0.05, 0.1) is 5.69 Å². The van der Waals surface area contributed by atoms with Crippen LogP contribution in [-0.4, -0.2) is 52.8 Å². The summed E-state index contributed by atoms with van der Waals surface area (Å²) in [5.41, 5.74) is 7.36. The molecule has 158 valence electrons. The van der Waals surface area contributed by atoms with E-state index in [1.807, 2.05) is 42.5 Å². The number of pyridine rings is 1. The molecule has 1 aromatic carbocycles. The molecular weight excluding hydrogens is 376 g/mol. The second kappa shape index (κ2) is 8.96. The standard InChI is InChI=1S/C24H30N4O2/c25-23(30)24(21-11-4-5-13-26-21)12-8-16-28(18-24)22(29)20-10-3-2-9-19(20)17-27-14-6-1-7-15-27/h2-5,9-11,13H,1,6-8,12,14-18H2,(H2,25,30)/t24-/m1/s1. The zero-order valence-electron chi connectivity index (χ0n) is 17.4. The summed E-state index contributed by atoms with van der Waals surface area (Å²) in [6, 6.07) is 13.4. The van der Waals surface area contributed by atoms with Gasteiger partial charge in [-0.1, -0.05) is 30.7 Å². The zero-order valence-corrected chi connectivity index (χ0v) is 17.4. The van der Waals surface area contributed by atoms with E-state index in [1.165, 1.54) is 19.3 Å². The third-order valence-corrected chi connectivity index (χ3v) is 6.50. The quantitative estimate of drug-likeness (QED) is 0.828. The van der Waals surface area contributed by atoms with Crippen molar-refractivity contribution in [2.75, 3.05) is 26.2 Å². The van der Waals surface area contributed by atoms with E-state index in [1.54, 1.807) is 11.1 Å². The molecular formula is C24H30N4O2. The first-order chi connectivity index (χ1) is 14.6. The number of carbonyl (C=O) groups is 2.